The van der Waals surface area contributed by atoms with Crippen LogP contribution in [0.15, 0.2) is 54.6 Å². The number of carboxylic acids is 1. The summed E-state index contributed by atoms with van der Waals surface area (Å²) in [6, 6.07) is 12.2. The minimum atomic E-state index is -4.34. The first kappa shape index (κ1) is 24.4. The van der Waals surface area contributed by atoms with Crippen molar-refractivity contribution in [3.8, 4) is 0 Å². The molecule has 0 radical (unpaired) electrons. The fraction of sp³-hybridized carbons (Fsp3) is 0.400. The van der Waals surface area contributed by atoms with Gasteiger partial charge in [-0.05, 0) is 61.4 Å². The molecule has 2 aromatic rings. The molecule has 0 spiro atoms. The van der Waals surface area contributed by atoms with E-state index in [1.807, 2.05) is 13.8 Å². The van der Waals surface area contributed by atoms with Crippen LogP contribution in [0.5, 0.6) is 0 Å². The maximum Gasteiger partial charge on any atom is 0.382 e. The minimum Gasteiger partial charge on any atom is -0.477 e. The Balaban J connectivity index is 1.76. The largest absolute Gasteiger partial charge is 0.477 e. The van der Waals surface area contributed by atoms with E-state index in [9.17, 15) is 23.2 Å². The van der Waals surface area contributed by atoms with Crippen molar-refractivity contribution >= 4 is 17.9 Å². The molecule has 176 valence electrons. The number of hydrogen-bond donors (Lipinski definition) is 1. The predicted molar refractivity (Wildman–Crippen MR) is 115 cm³/mol. The monoisotopic (exact) mass is 460 g/mol. The number of alkyl halides is 2. The highest BCUT2D eigenvalue weighted by Crippen LogP contribution is 2.40. The Bertz CT molecular complexity index is 995. The zero-order valence-electron chi connectivity index (χ0n) is 18.4. The maximum atomic E-state index is 14.3. The number of rotatable bonds is 8. The highest BCUT2D eigenvalue weighted by atomic mass is 19.3. The average molecular weight is 460 g/mol. The van der Waals surface area contributed by atoms with E-state index in [0.29, 0.717) is 0 Å². The van der Waals surface area contributed by atoms with E-state index in [0.717, 1.165) is 25.7 Å². The molecule has 3 rings (SSSR count). The average Bonchev–Trinajstić information content (AvgIpc) is 3.27. The number of carbonyl (C=O) groups is 3. The molecule has 1 atom stereocenters. The number of carboxylic acid groups (broad SMARTS) is 1. The van der Waals surface area contributed by atoms with Gasteiger partial charge in [-0.25, -0.2) is 14.4 Å². The second-order valence-electron chi connectivity index (χ2n) is 8.52. The Kier molecular flexibility index (Phi) is 7.15. The molecule has 0 bridgehead atoms. The Labute approximate surface area is 190 Å². The van der Waals surface area contributed by atoms with E-state index in [4.69, 9.17) is 14.6 Å². The van der Waals surface area contributed by atoms with Gasteiger partial charge in [-0.15, -0.1) is 0 Å². The van der Waals surface area contributed by atoms with Crippen molar-refractivity contribution in [2.45, 2.75) is 57.2 Å². The zero-order valence-corrected chi connectivity index (χ0v) is 18.4. The molecule has 0 saturated heterocycles. The summed E-state index contributed by atoms with van der Waals surface area (Å²) in [5.74, 6) is -8.26. The first-order valence-electron chi connectivity index (χ1n) is 10.8. The molecule has 1 saturated carbocycles. The number of esters is 2. The van der Waals surface area contributed by atoms with Gasteiger partial charge in [0.2, 0.25) is 6.10 Å². The Hall–Kier alpha value is -3.29. The van der Waals surface area contributed by atoms with Gasteiger partial charge < -0.3 is 14.6 Å². The Morgan fingerprint density at radius 2 is 1.42 bits per heavy atom. The van der Waals surface area contributed by atoms with Gasteiger partial charge in [0.1, 0.15) is 5.60 Å². The van der Waals surface area contributed by atoms with E-state index >= 15 is 0 Å². The van der Waals surface area contributed by atoms with E-state index in [1.54, 1.807) is 6.07 Å². The first-order valence-corrected chi connectivity index (χ1v) is 10.8. The molecule has 0 heterocycles. The van der Waals surface area contributed by atoms with E-state index in [2.05, 4.69) is 0 Å². The van der Waals surface area contributed by atoms with Crippen LogP contribution in [-0.4, -0.2) is 34.5 Å². The van der Waals surface area contributed by atoms with Crippen LogP contribution in [0, 0.1) is 5.92 Å². The lowest BCUT2D eigenvalue weighted by Crippen LogP contribution is -2.38. The lowest BCUT2D eigenvalue weighted by Gasteiger charge is -2.33. The summed E-state index contributed by atoms with van der Waals surface area (Å²) in [6.07, 6.45) is 1.24. The molecule has 0 aliphatic heterocycles. The summed E-state index contributed by atoms with van der Waals surface area (Å²) in [5.41, 5.74) is -0.559. The van der Waals surface area contributed by atoms with Gasteiger partial charge in [0, 0.05) is 0 Å². The van der Waals surface area contributed by atoms with E-state index in [1.165, 1.54) is 48.5 Å². The van der Waals surface area contributed by atoms with Crippen molar-refractivity contribution in [2.75, 3.05) is 0 Å². The molecule has 0 amide bonds. The first-order chi connectivity index (χ1) is 15.6. The lowest BCUT2D eigenvalue weighted by molar-refractivity contribution is -0.183. The number of carbonyl (C=O) groups excluding carboxylic acids is 2. The van der Waals surface area contributed by atoms with Crippen LogP contribution in [0.3, 0.4) is 0 Å². The smallest absolute Gasteiger partial charge is 0.382 e. The van der Waals surface area contributed by atoms with Crippen molar-refractivity contribution in [3.05, 3.63) is 71.3 Å². The normalized spacial score (nSPS) is 16.3. The standard InChI is InChI=1S/C25H26F2O6/c1-16(2)24(14-6-7-15-24)33-22(29)19-12-10-18(11-13-19)21(28)32-20(25(26,27)23(30)31)17-8-4-3-5-9-17/h3-5,8-13,16,20H,6-7,14-15H2,1-2H3,(H,30,31). The van der Waals surface area contributed by atoms with Gasteiger partial charge in [0.25, 0.3) is 0 Å². The van der Waals surface area contributed by atoms with Crippen molar-refractivity contribution < 1.29 is 37.7 Å². The highest BCUT2D eigenvalue weighted by Gasteiger charge is 2.51. The summed E-state index contributed by atoms with van der Waals surface area (Å²) in [4.78, 5) is 36.3. The molecule has 33 heavy (non-hydrogen) atoms. The molecule has 1 fully saturated rings. The molecule has 2 aromatic carbocycles. The molecule has 0 aromatic heterocycles. The van der Waals surface area contributed by atoms with Gasteiger partial charge in [0.05, 0.1) is 11.1 Å². The molecular weight excluding hydrogens is 434 g/mol. The predicted octanol–water partition coefficient (Wildman–Crippen LogP) is 5.43. The summed E-state index contributed by atoms with van der Waals surface area (Å²) in [7, 11) is 0. The third-order valence-electron chi connectivity index (χ3n) is 6.10. The number of ether oxygens (including phenoxy) is 2. The van der Waals surface area contributed by atoms with Gasteiger partial charge in [-0.3, -0.25) is 0 Å². The van der Waals surface area contributed by atoms with Gasteiger partial charge >= 0.3 is 23.8 Å². The van der Waals surface area contributed by atoms with Crippen LogP contribution in [0.4, 0.5) is 8.78 Å². The molecule has 6 nitrogen and oxygen atoms in total. The summed E-state index contributed by atoms with van der Waals surface area (Å²) < 4.78 is 39.3. The summed E-state index contributed by atoms with van der Waals surface area (Å²) in [6.45, 7) is 4.02. The quantitative estimate of drug-likeness (QED) is 0.529. The second-order valence-corrected chi connectivity index (χ2v) is 8.52. The van der Waals surface area contributed by atoms with Crippen LogP contribution >= 0.6 is 0 Å². The van der Waals surface area contributed by atoms with Crippen LogP contribution in [-0.2, 0) is 14.3 Å². The van der Waals surface area contributed by atoms with E-state index in [-0.39, 0.29) is 22.6 Å². The van der Waals surface area contributed by atoms with Crippen molar-refractivity contribution in [2.24, 2.45) is 5.92 Å². The van der Waals surface area contributed by atoms with Gasteiger partial charge in [-0.1, -0.05) is 44.2 Å². The molecule has 1 aliphatic carbocycles. The van der Waals surface area contributed by atoms with Crippen molar-refractivity contribution in [3.63, 3.8) is 0 Å². The summed E-state index contributed by atoms with van der Waals surface area (Å²) in [5, 5.41) is 8.94. The van der Waals surface area contributed by atoms with Gasteiger partial charge in [0.15, 0.2) is 0 Å². The summed E-state index contributed by atoms with van der Waals surface area (Å²) >= 11 is 0. The second kappa shape index (κ2) is 9.68. The fourth-order valence-electron chi connectivity index (χ4n) is 4.02. The molecule has 1 N–H and O–H groups in total. The fourth-order valence-corrected chi connectivity index (χ4v) is 4.02. The Morgan fingerprint density at radius 1 is 0.909 bits per heavy atom. The molecule has 1 unspecified atom stereocenters. The number of aliphatic carboxylic acids is 1. The van der Waals surface area contributed by atoms with Crippen molar-refractivity contribution in [1.82, 2.24) is 0 Å². The zero-order chi connectivity index (χ0) is 24.2. The third-order valence-corrected chi connectivity index (χ3v) is 6.10. The lowest BCUT2D eigenvalue weighted by atomic mass is 9.88. The van der Waals surface area contributed by atoms with Crippen LogP contribution in [0.2, 0.25) is 0 Å². The van der Waals surface area contributed by atoms with Crippen LogP contribution in [0.25, 0.3) is 0 Å². The van der Waals surface area contributed by atoms with Crippen LogP contribution in [0.1, 0.15) is 71.9 Å². The minimum absolute atomic E-state index is 0.104. The Morgan fingerprint density at radius 3 is 1.91 bits per heavy atom. The number of halogens is 2. The highest BCUT2D eigenvalue weighted by molar-refractivity contribution is 5.93. The SMILES string of the molecule is CC(C)C1(OC(=O)c2ccc(C(=O)OC(c3ccccc3)C(F)(F)C(=O)O)cc2)CCCC1. The topological polar surface area (TPSA) is 89.9 Å². The number of hydrogen-bond acceptors (Lipinski definition) is 5. The number of benzene rings is 2. The van der Waals surface area contributed by atoms with E-state index < -0.39 is 35.5 Å². The molecule has 1 aliphatic rings. The van der Waals surface area contributed by atoms with Crippen molar-refractivity contribution in [1.29, 1.82) is 0 Å². The third kappa shape index (κ3) is 5.21. The molecular formula is C25H26F2O6. The van der Waals surface area contributed by atoms with Gasteiger partial charge in [-0.2, -0.15) is 8.78 Å². The molecule has 8 heteroatoms. The maximum absolute atomic E-state index is 14.3. The van der Waals surface area contributed by atoms with Crippen LogP contribution < -0.4 is 0 Å².